The van der Waals surface area contributed by atoms with Crippen molar-refractivity contribution in [3.8, 4) is 0 Å². The number of hydrogen-bond acceptors (Lipinski definition) is 2. The molecular formula is C11H11ClFNO3. The van der Waals surface area contributed by atoms with Crippen LogP contribution in [-0.2, 0) is 4.79 Å². The van der Waals surface area contributed by atoms with Crippen molar-refractivity contribution >= 4 is 23.5 Å². The highest BCUT2D eigenvalue weighted by Gasteiger charge is 2.11. The molecule has 4 nitrogen and oxygen atoms in total. The molecule has 0 heterocycles. The molecule has 0 aliphatic rings. The first-order valence-electron chi connectivity index (χ1n) is 4.95. The van der Waals surface area contributed by atoms with Crippen molar-refractivity contribution in [2.75, 3.05) is 6.54 Å². The smallest absolute Gasteiger partial charge is 0.303 e. The Morgan fingerprint density at radius 2 is 2.12 bits per heavy atom. The van der Waals surface area contributed by atoms with Gasteiger partial charge >= 0.3 is 5.97 Å². The van der Waals surface area contributed by atoms with Crippen LogP contribution in [0.2, 0.25) is 5.02 Å². The number of aliphatic carboxylic acids is 1. The van der Waals surface area contributed by atoms with Gasteiger partial charge in [0.15, 0.2) is 0 Å². The Hall–Kier alpha value is -1.62. The van der Waals surface area contributed by atoms with Crippen molar-refractivity contribution in [2.24, 2.45) is 0 Å². The van der Waals surface area contributed by atoms with Crippen molar-refractivity contribution < 1.29 is 19.1 Å². The third-order valence-electron chi connectivity index (χ3n) is 2.03. The predicted molar refractivity (Wildman–Crippen MR) is 60.6 cm³/mol. The second-order valence-corrected chi connectivity index (χ2v) is 3.81. The van der Waals surface area contributed by atoms with Crippen LogP contribution in [-0.4, -0.2) is 23.5 Å². The molecule has 0 radical (unpaired) electrons. The van der Waals surface area contributed by atoms with Gasteiger partial charge in [-0.2, -0.15) is 0 Å². The molecule has 0 bridgehead atoms. The standard InChI is InChI=1S/C11H11ClFNO3/c12-7-3-4-8(9(13)6-7)11(17)14-5-1-2-10(15)16/h3-4,6H,1-2,5H2,(H,14,17)(H,15,16). The number of amides is 1. The Bertz CT molecular complexity index is 437. The zero-order valence-electron chi connectivity index (χ0n) is 8.87. The average Bonchev–Trinajstić information content (AvgIpc) is 2.23. The van der Waals surface area contributed by atoms with Crippen LogP contribution < -0.4 is 5.32 Å². The molecule has 0 aromatic heterocycles. The van der Waals surface area contributed by atoms with Gasteiger partial charge in [-0.05, 0) is 24.6 Å². The normalized spacial score (nSPS) is 10.0. The topological polar surface area (TPSA) is 66.4 Å². The van der Waals surface area contributed by atoms with E-state index in [1.54, 1.807) is 0 Å². The molecule has 92 valence electrons. The fourth-order valence-corrected chi connectivity index (χ4v) is 1.37. The van der Waals surface area contributed by atoms with Gasteiger partial charge in [0.05, 0.1) is 5.56 Å². The molecule has 2 N–H and O–H groups in total. The first-order chi connectivity index (χ1) is 8.00. The minimum Gasteiger partial charge on any atom is -0.481 e. The molecule has 0 spiro atoms. The molecule has 1 amide bonds. The van der Waals surface area contributed by atoms with Gasteiger partial charge in [-0.3, -0.25) is 9.59 Å². The highest BCUT2D eigenvalue weighted by molar-refractivity contribution is 6.30. The monoisotopic (exact) mass is 259 g/mol. The summed E-state index contributed by atoms with van der Waals surface area (Å²) in [5, 5.41) is 11.0. The molecule has 0 atom stereocenters. The number of nitrogens with one attached hydrogen (secondary N) is 1. The average molecular weight is 260 g/mol. The number of benzene rings is 1. The number of rotatable bonds is 5. The Morgan fingerprint density at radius 1 is 1.41 bits per heavy atom. The Kier molecular flexibility index (Phi) is 4.90. The minimum atomic E-state index is -0.933. The summed E-state index contributed by atoms with van der Waals surface area (Å²) in [6.07, 6.45) is 0.264. The maximum Gasteiger partial charge on any atom is 0.303 e. The first-order valence-corrected chi connectivity index (χ1v) is 5.33. The van der Waals surface area contributed by atoms with Gasteiger partial charge in [-0.15, -0.1) is 0 Å². The van der Waals surface area contributed by atoms with E-state index < -0.39 is 17.7 Å². The molecule has 1 rings (SSSR count). The van der Waals surface area contributed by atoms with Gasteiger partial charge in [0, 0.05) is 18.0 Å². The van der Waals surface area contributed by atoms with Crippen LogP contribution in [0.15, 0.2) is 18.2 Å². The molecule has 0 unspecified atom stereocenters. The SMILES string of the molecule is O=C(O)CCCNC(=O)c1ccc(Cl)cc1F. The van der Waals surface area contributed by atoms with E-state index in [2.05, 4.69) is 5.32 Å². The lowest BCUT2D eigenvalue weighted by Gasteiger charge is -2.05. The quantitative estimate of drug-likeness (QED) is 0.796. The summed E-state index contributed by atoms with van der Waals surface area (Å²) in [4.78, 5) is 21.7. The highest BCUT2D eigenvalue weighted by Crippen LogP contribution is 2.14. The number of carboxylic acids is 1. The van der Waals surface area contributed by atoms with Gasteiger partial charge < -0.3 is 10.4 Å². The third kappa shape index (κ3) is 4.40. The first kappa shape index (κ1) is 13.4. The molecule has 17 heavy (non-hydrogen) atoms. The third-order valence-corrected chi connectivity index (χ3v) is 2.26. The van der Waals surface area contributed by atoms with E-state index in [0.29, 0.717) is 6.42 Å². The Morgan fingerprint density at radius 3 is 2.71 bits per heavy atom. The van der Waals surface area contributed by atoms with Crippen LogP contribution in [0.25, 0.3) is 0 Å². The molecule has 1 aromatic carbocycles. The van der Waals surface area contributed by atoms with E-state index in [4.69, 9.17) is 16.7 Å². The van der Waals surface area contributed by atoms with Gasteiger partial charge in [0.2, 0.25) is 0 Å². The zero-order chi connectivity index (χ0) is 12.8. The second kappa shape index (κ2) is 6.20. The Balaban J connectivity index is 2.50. The van der Waals surface area contributed by atoms with E-state index >= 15 is 0 Å². The second-order valence-electron chi connectivity index (χ2n) is 3.38. The highest BCUT2D eigenvalue weighted by atomic mass is 35.5. The van der Waals surface area contributed by atoms with Crippen molar-refractivity contribution in [1.82, 2.24) is 5.32 Å². The fourth-order valence-electron chi connectivity index (χ4n) is 1.21. The number of hydrogen-bond donors (Lipinski definition) is 2. The van der Waals surface area contributed by atoms with Crippen molar-refractivity contribution in [1.29, 1.82) is 0 Å². The zero-order valence-corrected chi connectivity index (χ0v) is 9.63. The van der Waals surface area contributed by atoms with Crippen LogP contribution in [0.4, 0.5) is 4.39 Å². The minimum absolute atomic E-state index is 0.0383. The number of carboxylic acid groups (broad SMARTS) is 1. The molecule has 6 heteroatoms. The van der Waals surface area contributed by atoms with E-state index in [9.17, 15) is 14.0 Å². The summed E-state index contributed by atoms with van der Waals surface area (Å²) >= 11 is 5.55. The van der Waals surface area contributed by atoms with Crippen LogP contribution in [0.3, 0.4) is 0 Å². The maximum absolute atomic E-state index is 13.3. The lowest BCUT2D eigenvalue weighted by atomic mass is 10.2. The van der Waals surface area contributed by atoms with Gasteiger partial charge in [0.25, 0.3) is 5.91 Å². The van der Waals surface area contributed by atoms with Crippen LogP contribution >= 0.6 is 11.6 Å². The van der Waals surface area contributed by atoms with Gasteiger partial charge in [-0.25, -0.2) is 4.39 Å². The van der Waals surface area contributed by atoms with E-state index in [1.807, 2.05) is 0 Å². The molecule has 0 fully saturated rings. The van der Waals surface area contributed by atoms with E-state index in [0.717, 1.165) is 6.07 Å². The summed E-state index contributed by atoms with van der Waals surface area (Å²) in [5.74, 6) is -2.21. The van der Waals surface area contributed by atoms with E-state index in [1.165, 1.54) is 12.1 Å². The lowest BCUT2D eigenvalue weighted by molar-refractivity contribution is -0.137. The molecular weight excluding hydrogens is 249 g/mol. The molecule has 1 aromatic rings. The molecule has 0 aliphatic heterocycles. The van der Waals surface area contributed by atoms with Gasteiger partial charge in [-0.1, -0.05) is 11.6 Å². The number of carbonyl (C=O) groups is 2. The van der Waals surface area contributed by atoms with Crippen molar-refractivity contribution in [3.63, 3.8) is 0 Å². The predicted octanol–water partition coefficient (Wildman–Crippen LogP) is 2.07. The number of halogens is 2. The van der Waals surface area contributed by atoms with Crippen molar-refractivity contribution in [2.45, 2.75) is 12.8 Å². The van der Waals surface area contributed by atoms with Crippen LogP contribution in [0.1, 0.15) is 23.2 Å². The summed E-state index contributed by atoms with van der Waals surface area (Å²) in [6, 6.07) is 3.74. The Labute approximate surface area is 102 Å². The summed E-state index contributed by atoms with van der Waals surface area (Å²) in [5.41, 5.74) is -0.107. The number of carbonyl (C=O) groups excluding carboxylic acids is 1. The van der Waals surface area contributed by atoms with E-state index in [-0.39, 0.29) is 23.6 Å². The summed E-state index contributed by atoms with van der Waals surface area (Å²) in [6.45, 7) is 0.188. The van der Waals surface area contributed by atoms with Crippen LogP contribution in [0, 0.1) is 5.82 Å². The summed E-state index contributed by atoms with van der Waals surface area (Å²) in [7, 11) is 0. The largest absolute Gasteiger partial charge is 0.481 e. The van der Waals surface area contributed by atoms with Crippen molar-refractivity contribution in [3.05, 3.63) is 34.6 Å². The lowest BCUT2D eigenvalue weighted by Crippen LogP contribution is -2.25. The molecule has 0 saturated carbocycles. The van der Waals surface area contributed by atoms with Gasteiger partial charge in [0.1, 0.15) is 5.82 Å². The fraction of sp³-hybridized carbons (Fsp3) is 0.273. The molecule has 0 aliphatic carbocycles. The molecule has 0 saturated heterocycles. The summed E-state index contributed by atoms with van der Waals surface area (Å²) < 4.78 is 13.3. The maximum atomic E-state index is 13.3. The van der Waals surface area contributed by atoms with Crippen LogP contribution in [0.5, 0.6) is 0 Å².